The van der Waals surface area contributed by atoms with Crippen molar-refractivity contribution in [2.24, 2.45) is 0 Å². The molecule has 1 N–H and O–H groups in total. The quantitative estimate of drug-likeness (QED) is 0.848. The van der Waals surface area contributed by atoms with Crippen LogP contribution in [0.25, 0.3) is 0 Å². The third-order valence-electron chi connectivity index (χ3n) is 3.45. The van der Waals surface area contributed by atoms with Gasteiger partial charge in [0.15, 0.2) is 0 Å². The topological polar surface area (TPSA) is 42.4 Å². The van der Waals surface area contributed by atoms with Crippen molar-refractivity contribution in [1.82, 2.24) is 4.98 Å². The minimum Gasteiger partial charge on any atom is -0.390 e. The molecule has 1 fully saturated rings. The molecule has 16 heavy (non-hydrogen) atoms. The Balaban J connectivity index is 1.95. The van der Waals surface area contributed by atoms with Crippen molar-refractivity contribution < 1.29 is 9.84 Å². The first-order valence-corrected chi connectivity index (χ1v) is 5.86. The Kier molecular flexibility index (Phi) is 3.56. The van der Waals surface area contributed by atoms with Crippen LogP contribution in [0.3, 0.4) is 0 Å². The van der Waals surface area contributed by atoms with E-state index in [4.69, 9.17) is 4.74 Å². The van der Waals surface area contributed by atoms with Crippen LogP contribution in [0.15, 0.2) is 24.5 Å². The zero-order chi connectivity index (χ0) is 11.4. The van der Waals surface area contributed by atoms with Gasteiger partial charge in [-0.1, -0.05) is 6.07 Å². The molecule has 0 aliphatic heterocycles. The molecule has 0 bridgehead atoms. The van der Waals surface area contributed by atoms with Crippen LogP contribution >= 0.6 is 0 Å². The van der Waals surface area contributed by atoms with Crippen LogP contribution < -0.4 is 0 Å². The van der Waals surface area contributed by atoms with Crippen molar-refractivity contribution in [3.8, 4) is 0 Å². The van der Waals surface area contributed by atoms with Crippen LogP contribution in [0.5, 0.6) is 0 Å². The molecule has 1 aromatic rings. The Hall–Kier alpha value is -0.930. The number of ether oxygens (including phenoxy) is 1. The second-order valence-corrected chi connectivity index (χ2v) is 4.70. The number of hydrogen-bond donors (Lipinski definition) is 1. The van der Waals surface area contributed by atoms with Crippen molar-refractivity contribution in [3.63, 3.8) is 0 Å². The van der Waals surface area contributed by atoms with Crippen molar-refractivity contribution in [2.45, 2.75) is 43.8 Å². The predicted molar refractivity (Wildman–Crippen MR) is 62.2 cm³/mol. The van der Waals surface area contributed by atoms with Crippen LogP contribution in [-0.2, 0) is 11.2 Å². The van der Waals surface area contributed by atoms with Crippen molar-refractivity contribution >= 4 is 0 Å². The molecule has 0 spiro atoms. The lowest BCUT2D eigenvalue weighted by Crippen LogP contribution is -2.38. The highest BCUT2D eigenvalue weighted by atomic mass is 16.5. The number of pyridine rings is 1. The van der Waals surface area contributed by atoms with E-state index in [1.165, 1.54) is 0 Å². The predicted octanol–water partition coefficient (Wildman–Crippen LogP) is 1.94. The highest BCUT2D eigenvalue weighted by Crippen LogP contribution is 2.32. The van der Waals surface area contributed by atoms with Gasteiger partial charge in [-0.3, -0.25) is 4.98 Å². The number of aromatic nitrogens is 1. The van der Waals surface area contributed by atoms with Gasteiger partial charge in [-0.05, 0) is 37.3 Å². The summed E-state index contributed by atoms with van der Waals surface area (Å²) in [5, 5.41) is 10.5. The average molecular weight is 221 g/mol. The van der Waals surface area contributed by atoms with E-state index in [1.807, 2.05) is 18.3 Å². The minimum absolute atomic E-state index is 0.328. The first-order valence-electron chi connectivity index (χ1n) is 5.86. The molecule has 1 aliphatic carbocycles. The number of methoxy groups -OCH3 is 1. The molecule has 1 heterocycles. The fraction of sp³-hybridized carbons (Fsp3) is 0.615. The fourth-order valence-corrected chi connectivity index (χ4v) is 2.42. The highest BCUT2D eigenvalue weighted by Gasteiger charge is 2.33. The van der Waals surface area contributed by atoms with Gasteiger partial charge in [0.05, 0.1) is 11.7 Å². The molecule has 0 amide bonds. The fourth-order valence-electron chi connectivity index (χ4n) is 2.42. The number of rotatable bonds is 3. The summed E-state index contributed by atoms with van der Waals surface area (Å²) in [5.74, 6) is 0. The summed E-state index contributed by atoms with van der Waals surface area (Å²) in [4.78, 5) is 4.08. The van der Waals surface area contributed by atoms with Gasteiger partial charge in [0.25, 0.3) is 0 Å². The van der Waals surface area contributed by atoms with Gasteiger partial charge >= 0.3 is 0 Å². The molecule has 3 nitrogen and oxygen atoms in total. The SMILES string of the molecule is COC1CCC(O)(Cc2cccnc2)CC1. The summed E-state index contributed by atoms with van der Waals surface area (Å²) in [6.45, 7) is 0. The van der Waals surface area contributed by atoms with Gasteiger partial charge in [0.1, 0.15) is 0 Å². The highest BCUT2D eigenvalue weighted by molar-refractivity contribution is 5.12. The molecular weight excluding hydrogens is 202 g/mol. The normalized spacial score (nSPS) is 30.2. The van der Waals surface area contributed by atoms with Crippen LogP contribution in [0.2, 0.25) is 0 Å². The standard InChI is InChI=1S/C13H19NO2/c1-16-12-4-6-13(15,7-5-12)9-11-3-2-8-14-10-11/h2-3,8,10,12,15H,4-7,9H2,1H3. The average Bonchev–Trinajstić information content (AvgIpc) is 2.31. The maximum Gasteiger partial charge on any atom is 0.0690 e. The van der Waals surface area contributed by atoms with Gasteiger partial charge in [0.2, 0.25) is 0 Å². The van der Waals surface area contributed by atoms with Gasteiger partial charge in [-0.15, -0.1) is 0 Å². The zero-order valence-electron chi connectivity index (χ0n) is 9.72. The van der Waals surface area contributed by atoms with E-state index in [-0.39, 0.29) is 0 Å². The first-order chi connectivity index (χ1) is 7.72. The molecule has 0 radical (unpaired) electrons. The van der Waals surface area contributed by atoms with Gasteiger partial charge in [-0.2, -0.15) is 0 Å². The van der Waals surface area contributed by atoms with Crippen molar-refractivity contribution in [3.05, 3.63) is 30.1 Å². The maximum absolute atomic E-state index is 10.5. The van der Waals surface area contributed by atoms with Gasteiger partial charge in [0, 0.05) is 25.9 Å². The summed E-state index contributed by atoms with van der Waals surface area (Å²) in [5.41, 5.74) is 0.554. The van der Waals surface area contributed by atoms with Gasteiger partial charge < -0.3 is 9.84 Å². The molecule has 3 heteroatoms. The monoisotopic (exact) mass is 221 g/mol. The minimum atomic E-state index is -0.557. The number of hydrogen-bond acceptors (Lipinski definition) is 3. The van der Waals surface area contributed by atoms with E-state index < -0.39 is 5.60 Å². The smallest absolute Gasteiger partial charge is 0.0690 e. The molecule has 2 rings (SSSR count). The molecule has 0 atom stereocenters. The zero-order valence-corrected chi connectivity index (χ0v) is 9.72. The van der Waals surface area contributed by atoms with Crippen LogP contribution in [0.1, 0.15) is 31.2 Å². The lowest BCUT2D eigenvalue weighted by molar-refractivity contribution is -0.0427. The van der Waals surface area contributed by atoms with E-state index in [2.05, 4.69) is 4.98 Å². The summed E-state index contributed by atoms with van der Waals surface area (Å²) < 4.78 is 5.31. The Morgan fingerprint density at radius 1 is 1.50 bits per heavy atom. The summed E-state index contributed by atoms with van der Waals surface area (Å²) in [6.07, 6.45) is 8.17. The molecule has 1 aromatic heterocycles. The van der Waals surface area contributed by atoms with E-state index in [1.54, 1.807) is 13.3 Å². The molecule has 1 aliphatic rings. The molecule has 88 valence electrons. The lowest BCUT2D eigenvalue weighted by Gasteiger charge is -2.35. The van der Waals surface area contributed by atoms with E-state index >= 15 is 0 Å². The summed E-state index contributed by atoms with van der Waals surface area (Å²) >= 11 is 0. The second-order valence-electron chi connectivity index (χ2n) is 4.70. The largest absolute Gasteiger partial charge is 0.390 e. The molecule has 1 saturated carbocycles. The van der Waals surface area contributed by atoms with Crippen molar-refractivity contribution in [2.75, 3.05) is 7.11 Å². The second kappa shape index (κ2) is 4.93. The van der Waals surface area contributed by atoms with Crippen LogP contribution in [-0.4, -0.2) is 28.9 Å². The molecule has 0 saturated heterocycles. The number of nitrogens with zero attached hydrogens (tertiary/aromatic N) is 1. The summed E-state index contributed by atoms with van der Waals surface area (Å²) in [7, 11) is 1.75. The first kappa shape index (κ1) is 11.6. The van der Waals surface area contributed by atoms with E-state index in [0.29, 0.717) is 12.5 Å². The molecular formula is C13H19NO2. The summed E-state index contributed by atoms with van der Waals surface area (Å²) in [6, 6.07) is 3.94. The van der Waals surface area contributed by atoms with Gasteiger partial charge in [-0.25, -0.2) is 0 Å². The third-order valence-corrected chi connectivity index (χ3v) is 3.45. The number of aliphatic hydroxyl groups is 1. The van der Waals surface area contributed by atoms with Crippen molar-refractivity contribution in [1.29, 1.82) is 0 Å². The Morgan fingerprint density at radius 2 is 2.25 bits per heavy atom. The van der Waals surface area contributed by atoms with E-state index in [0.717, 1.165) is 31.2 Å². The maximum atomic E-state index is 10.5. The van der Waals surface area contributed by atoms with E-state index in [9.17, 15) is 5.11 Å². The Labute approximate surface area is 96.5 Å². The Bertz CT molecular complexity index is 318. The van der Waals surface area contributed by atoms with Crippen LogP contribution in [0, 0.1) is 0 Å². The van der Waals surface area contributed by atoms with Crippen LogP contribution in [0.4, 0.5) is 0 Å². The molecule has 0 aromatic carbocycles. The Morgan fingerprint density at radius 3 is 2.81 bits per heavy atom. The third kappa shape index (κ3) is 2.80. The molecule has 0 unspecified atom stereocenters. The lowest BCUT2D eigenvalue weighted by atomic mass is 9.79.